The van der Waals surface area contributed by atoms with Crippen molar-refractivity contribution < 1.29 is 19.1 Å². The van der Waals surface area contributed by atoms with E-state index in [9.17, 15) is 9.59 Å². The molecule has 2 amide bonds. The largest absolute Gasteiger partial charge is 0.493 e. The summed E-state index contributed by atoms with van der Waals surface area (Å²) in [5.41, 5.74) is 6.71. The fourth-order valence-electron chi connectivity index (χ4n) is 3.31. The topological polar surface area (TPSA) is 101 Å². The molecule has 0 unspecified atom stereocenters. The Morgan fingerprint density at radius 3 is 1.55 bits per heavy atom. The molecule has 0 fully saturated rings. The number of carbonyl (C=O) groups is 2. The predicted molar refractivity (Wildman–Crippen MR) is 159 cm³/mol. The summed E-state index contributed by atoms with van der Waals surface area (Å²) in [6.45, 7) is 5.32. The number of carbonyl (C=O) groups excluding carboxylic acids is 2. The number of hydrogen-bond acceptors (Lipinski definition) is 6. The number of hydrogen-bond donors (Lipinski definition) is 2. The van der Waals surface area contributed by atoms with Crippen LogP contribution in [0.4, 0.5) is 0 Å². The number of benzene rings is 2. The highest BCUT2D eigenvalue weighted by atomic mass is 79.9. The molecule has 0 saturated heterocycles. The number of nitrogens with zero attached hydrogens (tertiary/aromatic N) is 2. The van der Waals surface area contributed by atoms with Crippen LogP contribution in [-0.2, 0) is 9.59 Å². The number of nitrogens with one attached hydrogen (secondary N) is 2. The molecule has 0 bridgehead atoms. The Hall–Kier alpha value is -2.72. The van der Waals surface area contributed by atoms with Crippen LogP contribution in [0, 0.1) is 0 Å². The molecule has 8 nitrogen and oxygen atoms in total. The maximum absolute atomic E-state index is 12.1. The van der Waals surface area contributed by atoms with Crippen molar-refractivity contribution in [2.45, 2.75) is 65.2 Å². The second-order valence-corrected chi connectivity index (χ2v) is 10.4. The Morgan fingerprint density at radius 2 is 1.16 bits per heavy atom. The quantitative estimate of drug-likeness (QED) is 0.112. The van der Waals surface area contributed by atoms with E-state index in [1.807, 2.05) is 50.2 Å². The maximum atomic E-state index is 12.1. The second-order valence-electron chi connectivity index (χ2n) is 8.56. The van der Waals surface area contributed by atoms with Crippen molar-refractivity contribution in [1.82, 2.24) is 10.9 Å². The van der Waals surface area contributed by atoms with Crippen LogP contribution in [0.15, 0.2) is 55.5 Å². The first-order valence-corrected chi connectivity index (χ1v) is 14.5. The first kappa shape index (κ1) is 31.5. The normalized spacial score (nSPS) is 11.2. The minimum absolute atomic E-state index is 0.144. The van der Waals surface area contributed by atoms with Crippen molar-refractivity contribution in [3.8, 4) is 11.5 Å². The van der Waals surface area contributed by atoms with Crippen molar-refractivity contribution >= 4 is 56.1 Å². The van der Waals surface area contributed by atoms with Gasteiger partial charge < -0.3 is 9.47 Å². The molecule has 2 rings (SSSR count). The van der Waals surface area contributed by atoms with Gasteiger partial charge in [0.25, 0.3) is 0 Å². The highest BCUT2D eigenvalue weighted by Crippen LogP contribution is 2.23. The Labute approximate surface area is 241 Å². The molecule has 0 aromatic heterocycles. The number of rotatable bonds is 17. The van der Waals surface area contributed by atoms with Crippen molar-refractivity contribution in [2.75, 3.05) is 13.2 Å². The highest BCUT2D eigenvalue weighted by molar-refractivity contribution is 9.10. The molecule has 2 N–H and O–H groups in total. The standard InChI is InChI=1S/C28H36Br2N4O4/c1-3-15-37-25-13-11-23(29)17-21(25)19-31-33-27(35)9-7-5-6-8-10-28(36)34-32-20-22-18-24(30)12-14-26(22)38-16-4-2/h11-14,17-20H,3-10,15-16H2,1-2H3,(H,33,35)(H,34,36)/b31-19-,32-20-. The summed E-state index contributed by atoms with van der Waals surface area (Å²) in [7, 11) is 0. The minimum atomic E-state index is -0.144. The van der Waals surface area contributed by atoms with Crippen molar-refractivity contribution in [3.05, 3.63) is 56.5 Å². The van der Waals surface area contributed by atoms with Gasteiger partial charge in [-0.1, -0.05) is 58.5 Å². The van der Waals surface area contributed by atoms with E-state index in [1.54, 1.807) is 12.4 Å². The van der Waals surface area contributed by atoms with E-state index in [0.29, 0.717) is 26.1 Å². The molecule has 0 aliphatic heterocycles. The molecule has 0 saturated carbocycles. The summed E-state index contributed by atoms with van der Waals surface area (Å²) in [5, 5.41) is 8.13. The van der Waals surface area contributed by atoms with Crippen LogP contribution in [0.1, 0.15) is 76.3 Å². The molecule has 2 aromatic carbocycles. The van der Waals surface area contributed by atoms with E-state index in [-0.39, 0.29) is 11.8 Å². The van der Waals surface area contributed by atoms with Gasteiger partial charge in [0.05, 0.1) is 25.6 Å². The lowest BCUT2D eigenvalue weighted by atomic mass is 10.1. The summed E-state index contributed by atoms with van der Waals surface area (Å²) in [6.07, 6.45) is 8.90. The molecule has 2 aromatic rings. The van der Waals surface area contributed by atoms with E-state index in [4.69, 9.17) is 9.47 Å². The average Bonchev–Trinajstić information content (AvgIpc) is 2.89. The number of halogens is 2. The van der Waals surface area contributed by atoms with Gasteiger partial charge in [-0.25, -0.2) is 10.9 Å². The van der Waals surface area contributed by atoms with Gasteiger partial charge in [0.1, 0.15) is 11.5 Å². The SMILES string of the molecule is CCCOc1ccc(Br)cc1/C=N\NC(=O)CCCCCCC(=O)N/N=C\c1cc(Br)ccc1OCCC. The third-order valence-corrected chi connectivity index (χ3v) is 6.20. The summed E-state index contributed by atoms with van der Waals surface area (Å²) in [6, 6.07) is 11.3. The van der Waals surface area contributed by atoms with Gasteiger partial charge in [0.15, 0.2) is 0 Å². The Balaban J connectivity index is 1.62. The number of hydrazone groups is 2. The molecule has 0 spiro atoms. The molecular weight excluding hydrogens is 616 g/mol. The molecule has 0 radical (unpaired) electrons. The summed E-state index contributed by atoms with van der Waals surface area (Å²) >= 11 is 6.88. The molecule has 38 heavy (non-hydrogen) atoms. The van der Waals surface area contributed by atoms with E-state index >= 15 is 0 Å². The average molecular weight is 652 g/mol. The van der Waals surface area contributed by atoms with E-state index in [1.165, 1.54) is 0 Å². The lowest BCUT2D eigenvalue weighted by molar-refractivity contribution is -0.122. The van der Waals surface area contributed by atoms with Crippen LogP contribution in [0.2, 0.25) is 0 Å². The Bertz CT molecular complexity index is 1010. The molecule has 206 valence electrons. The fourth-order valence-corrected chi connectivity index (χ4v) is 4.07. The van der Waals surface area contributed by atoms with Gasteiger partial charge in [-0.3, -0.25) is 9.59 Å². The van der Waals surface area contributed by atoms with Gasteiger partial charge in [0, 0.05) is 32.9 Å². The number of amides is 2. The van der Waals surface area contributed by atoms with Crippen LogP contribution in [0.25, 0.3) is 0 Å². The van der Waals surface area contributed by atoms with Crippen LogP contribution in [0.3, 0.4) is 0 Å². The predicted octanol–water partition coefficient (Wildman–Crippen LogP) is 6.73. The van der Waals surface area contributed by atoms with Gasteiger partial charge in [0.2, 0.25) is 11.8 Å². The molecule has 0 aliphatic carbocycles. The highest BCUT2D eigenvalue weighted by Gasteiger charge is 2.06. The monoisotopic (exact) mass is 650 g/mol. The zero-order chi connectivity index (χ0) is 27.6. The van der Waals surface area contributed by atoms with Crippen molar-refractivity contribution in [1.29, 1.82) is 0 Å². The first-order valence-electron chi connectivity index (χ1n) is 12.9. The summed E-state index contributed by atoms with van der Waals surface area (Å²) in [4.78, 5) is 24.2. The van der Waals surface area contributed by atoms with Crippen LogP contribution >= 0.6 is 31.9 Å². The second kappa shape index (κ2) is 18.5. The smallest absolute Gasteiger partial charge is 0.240 e. The zero-order valence-electron chi connectivity index (χ0n) is 22.0. The third kappa shape index (κ3) is 12.7. The Kier molecular flexibility index (Phi) is 15.3. The summed E-state index contributed by atoms with van der Waals surface area (Å²) in [5.74, 6) is 1.16. The first-order chi connectivity index (χ1) is 18.4. The van der Waals surface area contributed by atoms with Crippen LogP contribution < -0.4 is 20.3 Å². The van der Waals surface area contributed by atoms with E-state index in [0.717, 1.165) is 70.1 Å². The third-order valence-electron chi connectivity index (χ3n) is 5.21. The number of unbranched alkanes of at least 4 members (excludes halogenated alkanes) is 3. The van der Waals surface area contributed by atoms with Gasteiger partial charge in [-0.15, -0.1) is 0 Å². The van der Waals surface area contributed by atoms with Gasteiger partial charge in [-0.05, 0) is 62.1 Å². The molecule has 0 atom stereocenters. The molecule has 0 heterocycles. The van der Waals surface area contributed by atoms with Crippen molar-refractivity contribution in [3.63, 3.8) is 0 Å². The fraction of sp³-hybridized carbons (Fsp3) is 0.429. The lowest BCUT2D eigenvalue weighted by Gasteiger charge is -2.08. The number of ether oxygens (including phenoxy) is 2. The van der Waals surface area contributed by atoms with E-state index < -0.39 is 0 Å². The van der Waals surface area contributed by atoms with Crippen molar-refractivity contribution in [2.24, 2.45) is 10.2 Å². The molecule has 10 heteroatoms. The summed E-state index contributed by atoms with van der Waals surface area (Å²) < 4.78 is 13.2. The maximum Gasteiger partial charge on any atom is 0.240 e. The Morgan fingerprint density at radius 1 is 0.737 bits per heavy atom. The van der Waals surface area contributed by atoms with Crippen LogP contribution in [-0.4, -0.2) is 37.5 Å². The zero-order valence-corrected chi connectivity index (χ0v) is 25.1. The van der Waals surface area contributed by atoms with E-state index in [2.05, 4.69) is 52.9 Å². The minimum Gasteiger partial charge on any atom is -0.493 e. The van der Waals surface area contributed by atoms with Gasteiger partial charge >= 0.3 is 0 Å². The lowest BCUT2D eigenvalue weighted by Crippen LogP contribution is -2.17. The molecule has 0 aliphatic rings. The molecular formula is C28H36Br2N4O4. The van der Waals surface area contributed by atoms with Crippen LogP contribution in [0.5, 0.6) is 11.5 Å². The van der Waals surface area contributed by atoms with Gasteiger partial charge in [-0.2, -0.15) is 10.2 Å².